The number of nitro groups is 1. The van der Waals surface area contributed by atoms with E-state index in [9.17, 15) is 18.5 Å². The number of hydrogen-bond acceptors (Lipinski definition) is 5. The molecule has 1 aliphatic rings. The van der Waals surface area contributed by atoms with E-state index >= 15 is 0 Å². The smallest absolute Gasteiger partial charge is 0.292 e. The SMILES string of the molecule is CCCC1CC1NS(=O)(=O)c1ccc([N+](=O)[O-])c(N)c1. The van der Waals surface area contributed by atoms with E-state index in [1.54, 1.807) is 0 Å². The van der Waals surface area contributed by atoms with Gasteiger partial charge < -0.3 is 5.73 Å². The lowest BCUT2D eigenvalue weighted by atomic mass is 10.2. The van der Waals surface area contributed by atoms with Crippen molar-refractivity contribution < 1.29 is 13.3 Å². The number of nitrogens with zero attached hydrogens (tertiary/aromatic N) is 1. The summed E-state index contributed by atoms with van der Waals surface area (Å²) in [6, 6.07) is 3.41. The van der Waals surface area contributed by atoms with Crippen molar-refractivity contribution in [3.63, 3.8) is 0 Å². The second-order valence-corrected chi connectivity index (χ2v) is 6.70. The van der Waals surface area contributed by atoms with Crippen LogP contribution < -0.4 is 10.5 Å². The molecule has 8 heteroatoms. The molecule has 1 aliphatic carbocycles. The number of benzene rings is 1. The summed E-state index contributed by atoms with van der Waals surface area (Å²) in [6.07, 6.45) is 2.86. The summed E-state index contributed by atoms with van der Waals surface area (Å²) in [4.78, 5) is 9.97. The highest BCUT2D eigenvalue weighted by atomic mass is 32.2. The van der Waals surface area contributed by atoms with Crippen LogP contribution in [0.4, 0.5) is 11.4 Å². The first kappa shape index (κ1) is 14.7. The molecule has 0 spiro atoms. The Balaban J connectivity index is 2.14. The molecule has 0 bridgehead atoms. The van der Waals surface area contributed by atoms with Crippen LogP contribution in [0.15, 0.2) is 23.1 Å². The van der Waals surface area contributed by atoms with E-state index in [0.717, 1.165) is 31.4 Å². The third kappa shape index (κ3) is 3.07. The van der Waals surface area contributed by atoms with Crippen LogP contribution in [0.2, 0.25) is 0 Å². The second-order valence-electron chi connectivity index (χ2n) is 4.99. The van der Waals surface area contributed by atoms with Gasteiger partial charge in [0.05, 0.1) is 9.82 Å². The lowest BCUT2D eigenvalue weighted by molar-refractivity contribution is -0.383. The molecule has 1 aromatic rings. The van der Waals surface area contributed by atoms with Crippen molar-refractivity contribution in [2.75, 3.05) is 5.73 Å². The van der Waals surface area contributed by atoms with E-state index in [4.69, 9.17) is 5.73 Å². The summed E-state index contributed by atoms with van der Waals surface area (Å²) < 4.78 is 26.9. The molecule has 1 saturated carbocycles. The van der Waals surface area contributed by atoms with Crippen molar-refractivity contribution >= 4 is 21.4 Å². The largest absolute Gasteiger partial charge is 0.393 e. The van der Waals surface area contributed by atoms with E-state index in [1.165, 1.54) is 6.07 Å². The molecule has 7 nitrogen and oxygen atoms in total. The van der Waals surface area contributed by atoms with Crippen molar-refractivity contribution in [2.24, 2.45) is 5.92 Å². The van der Waals surface area contributed by atoms with Gasteiger partial charge in [0, 0.05) is 12.1 Å². The second kappa shape index (κ2) is 5.37. The summed E-state index contributed by atoms with van der Waals surface area (Å²) in [5.74, 6) is 0.394. The zero-order valence-electron chi connectivity index (χ0n) is 11.1. The molecule has 3 N–H and O–H groups in total. The highest BCUT2D eigenvalue weighted by Crippen LogP contribution is 2.36. The lowest BCUT2D eigenvalue weighted by Gasteiger charge is -2.07. The Hall–Kier alpha value is -1.67. The molecule has 1 fully saturated rings. The molecule has 0 radical (unpaired) electrons. The van der Waals surface area contributed by atoms with Crippen molar-refractivity contribution in [3.8, 4) is 0 Å². The number of nitrogens with two attached hydrogens (primary N) is 1. The number of nitrogens with one attached hydrogen (secondary N) is 1. The minimum Gasteiger partial charge on any atom is -0.393 e. The van der Waals surface area contributed by atoms with Gasteiger partial charge in [-0.25, -0.2) is 13.1 Å². The van der Waals surface area contributed by atoms with Gasteiger partial charge in [0.25, 0.3) is 5.69 Å². The third-order valence-electron chi connectivity index (χ3n) is 3.39. The summed E-state index contributed by atoms with van der Waals surface area (Å²) in [5, 5.41) is 10.6. The van der Waals surface area contributed by atoms with Gasteiger partial charge in [-0.1, -0.05) is 13.3 Å². The molecule has 2 atom stereocenters. The summed E-state index contributed by atoms with van der Waals surface area (Å²) in [7, 11) is -3.67. The maximum atomic E-state index is 12.1. The van der Waals surface area contributed by atoms with E-state index in [2.05, 4.69) is 11.6 Å². The van der Waals surface area contributed by atoms with Crippen LogP contribution >= 0.6 is 0 Å². The standard InChI is InChI=1S/C12H17N3O4S/c1-2-3-8-6-11(8)14-20(18,19)9-4-5-12(15(16)17)10(13)7-9/h4-5,7-8,11,14H,2-3,6,13H2,1H3. The predicted molar refractivity (Wildman–Crippen MR) is 74.6 cm³/mol. The Kier molecular flexibility index (Phi) is 3.96. The molecule has 0 aromatic heterocycles. The number of sulfonamides is 1. The van der Waals surface area contributed by atoms with Crippen LogP contribution in [-0.4, -0.2) is 19.4 Å². The normalized spacial score (nSPS) is 21.6. The van der Waals surface area contributed by atoms with Crippen LogP contribution in [0, 0.1) is 16.0 Å². The maximum Gasteiger partial charge on any atom is 0.292 e. The molecular weight excluding hydrogens is 282 g/mol. The van der Waals surface area contributed by atoms with Gasteiger partial charge >= 0.3 is 0 Å². The van der Waals surface area contributed by atoms with Crippen LogP contribution in [0.5, 0.6) is 0 Å². The van der Waals surface area contributed by atoms with Gasteiger partial charge in [0.1, 0.15) is 5.69 Å². The fourth-order valence-corrected chi connectivity index (χ4v) is 3.57. The van der Waals surface area contributed by atoms with Crippen LogP contribution in [0.25, 0.3) is 0 Å². The monoisotopic (exact) mass is 299 g/mol. The molecule has 1 aromatic carbocycles. The Morgan fingerprint density at radius 2 is 2.20 bits per heavy atom. The average molecular weight is 299 g/mol. The highest BCUT2D eigenvalue weighted by molar-refractivity contribution is 7.89. The van der Waals surface area contributed by atoms with Crippen LogP contribution in [-0.2, 0) is 10.0 Å². The van der Waals surface area contributed by atoms with Gasteiger partial charge in [-0.3, -0.25) is 10.1 Å². The number of nitrogen functional groups attached to an aromatic ring is 1. The first-order valence-electron chi connectivity index (χ1n) is 6.41. The molecule has 2 unspecified atom stereocenters. The first-order chi connectivity index (χ1) is 9.35. The zero-order valence-corrected chi connectivity index (χ0v) is 11.9. The van der Waals surface area contributed by atoms with Gasteiger partial charge in [0.15, 0.2) is 0 Å². The quantitative estimate of drug-likeness (QED) is 0.470. The first-order valence-corrected chi connectivity index (χ1v) is 7.89. The molecule has 0 saturated heterocycles. The summed E-state index contributed by atoms with van der Waals surface area (Å²) in [5.41, 5.74) is 5.06. The average Bonchev–Trinajstić information content (AvgIpc) is 3.06. The Morgan fingerprint density at radius 3 is 2.75 bits per heavy atom. The molecule has 20 heavy (non-hydrogen) atoms. The Bertz CT molecular complexity index is 630. The topological polar surface area (TPSA) is 115 Å². The van der Waals surface area contributed by atoms with Crippen molar-refractivity contribution in [3.05, 3.63) is 28.3 Å². The molecular formula is C12H17N3O4S. The van der Waals surface area contributed by atoms with Gasteiger partial charge in [-0.2, -0.15) is 0 Å². The van der Waals surface area contributed by atoms with Crippen molar-refractivity contribution in [1.82, 2.24) is 4.72 Å². The fourth-order valence-electron chi connectivity index (χ4n) is 2.22. The van der Waals surface area contributed by atoms with Gasteiger partial charge in [-0.15, -0.1) is 0 Å². The Morgan fingerprint density at radius 1 is 1.50 bits per heavy atom. The number of rotatable bonds is 6. The summed E-state index contributed by atoms with van der Waals surface area (Å²) >= 11 is 0. The van der Waals surface area contributed by atoms with E-state index in [-0.39, 0.29) is 22.3 Å². The van der Waals surface area contributed by atoms with Crippen molar-refractivity contribution in [2.45, 2.75) is 37.1 Å². The summed E-state index contributed by atoms with van der Waals surface area (Å²) in [6.45, 7) is 2.06. The zero-order chi connectivity index (χ0) is 14.9. The number of anilines is 1. The van der Waals surface area contributed by atoms with E-state index in [0.29, 0.717) is 5.92 Å². The van der Waals surface area contributed by atoms with Crippen LogP contribution in [0.1, 0.15) is 26.2 Å². The third-order valence-corrected chi connectivity index (χ3v) is 4.88. The number of hydrogen-bond donors (Lipinski definition) is 2. The minimum absolute atomic E-state index is 0.0311. The highest BCUT2D eigenvalue weighted by Gasteiger charge is 2.39. The van der Waals surface area contributed by atoms with E-state index < -0.39 is 14.9 Å². The van der Waals surface area contributed by atoms with E-state index in [1.807, 2.05) is 0 Å². The predicted octanol–water partition coefficient (Wildman–Crippen LogP) is 1.64. The molecule has 110 valence electrons. The van der Waals surface area contributed by atoms with Gasteiger partial charge in [0.2, 0.25) is 10.0 Å². The molecule has 2 rings (SSSR count). The molecule has 0 heterocycles. The molecule has 0 amide bonds. The fraction of sp³-hybridized carbons (Fsp3) is 0.500. The number of nitro benzene ring substituents is 1. The lowest BCUT2D eigenvalue weighted by Crippen LogP contribution is -2.27. The van der Waals surface area contributed by atoms with Crippen molar-refractivity contribution in [1.29, 1.82) is 0 Å². The van der Waals surface area contributed by atoms with Gasteiger partial charge in [-0.05, 0) is 30.9 Å². The Labute approximate surface area is 117 Å². The maximum absolute atomic E-state index is 12.1. The molecule has 0 aliphatic heterocycles. The minimum atomic E-state index is -3.67. The van der Waals surface area contributed by atoms with Crippen LogP contribution in [0.3, 0.4) is 0 Å².